The second-order valence-electron chi connectivity index (χ2n) is 6.81. The maximum atomic E-state index is 12.9. The van der Waals surface area contributed by atoms with E-state index < -0.39 is 26.7 Å². The average molecular weight is 437 g/mol. The van der Waals surface area contributed by atoms with Crippen LogP contribution in [0.3, 0.4) is 0 Å². The van der Waals surface area contributed by atoms with Crippen molar-refractivity contribution in [3.05, 3.63) is 40.4 Å². The highest BCUT2D eigenvalue weighted by molar-refractivity contribution is 7.89. The summed E-state index contributed by atoms with van der Waals surface area (Å²) >= 11 is 6.16. The smallest absolute Gasteiger partial charge is 0.336 e. The molecule has 0 bridgehead atoms. The van der Waals surface area contributed by atoms with E-state index in [1.165, 1.54) is 0 Å². The summed E-state index contributed by atoms with van der Waals surface area (Å²) in [5, 5.41) is 0.565. The molecule has 1 aliphatic heterocycles. The van der Waals surface area contributed by atoms with E-state index in [2.05, 4.69) is 0 Å². The van der Waals surface area contributed by atoms with Crippen molar-refractivity contribution in [2.75, 3.05) is 26.2 Å². The number of alkyl halides is 3. The highest BCUT2D eigenvalue weighted by Crippen LogP contribution is 2.32. The zero-order valence-electron chi connectivity index (χ0n) is 15.0. The number of benzene rings is 1. The standard InChI is InChI=1S/C18H20ClF3N2O3S/c19-16-7-2-1-6-15(16)17(25)23-8-10-24(11-9-23)28(26,27)14-5-3-4-13(12-14)18(20,21)22/h3-5,12H,1-2,6-11H2. The normalized spacial score (nSPS) is 19.8. The molecule has 1 aromatic carbocycles. The Bertz CT molecular complexity index is 892. The van der Waals surface area contributed by atoms with Crippen LogP contribution in [-0.4, -0.2) is 49.7 Å². The molecule has 0 atom stereocenters. The van der Waals surface area contributed by atoms with Crippen LogP contribution in [0.5, 0.6) is 0 Å². The van der Waals surface area contributed by atoms with Gasteiger partial charge in [0.05, 0.1) is 10.5 Å². The monoisotopic (exact) mass is 436 g/mol. The Hall–Kier alpha value is -1.58. The van der Waals surface area contributed by atoms with Gasteiger partial charge in [0.2, 0.25) is 10.0 Å². The molecule has 28 heavy (non-hydrogen) atoms. The van der Waals surface area contributed by atoms with E-state index >= 15 is 0 Å². The minimum Gasteiger partial charge on any atom is -0.336 e. The quantitative estimate of drug-likeness (QED) is 0.727. The number of piperazine rings is 1. The van der Waals surface area contributed by atoms with Gasteiger partial charge in [-0.3, -0.25) is 4.79 Å². The van der Waals surface area contributed by atoms with Crippen LogP contribution < -0.4 is 0 Å². The molecule has 1 heterocycles. The lowest BCUT2D eigenvalue weighted by molar-refractivity contribution is -0.137. The van der Waals surface area contributed by atoms with E-state index in [9.17, 15) is 26.4 Å². The molecular formula is C18H20ClF3N2O3S. The van der Waals surface area contributed by atoms with Crippen LogP contribution in [0.4, 0.5) is 13.2 Å². The molecule has 0 spiro atoms. The predicted octanol–water partition coefficient (Wildman–Crippen LogP) is 3.61. The summed E-state index contributed by atoms with van der Waals surface area (Å²) in [6.07, 6.45) is -1.50. The molecule has 0 unspecified atom stereocenters. The summed E-state index contributed by atoms with van der Waals surface area (Å²) in [6, 6.07) is 3.69. The molecule has 1 amide bonds. The van der Waals surface area contributed by atoms with E-state index in [0.717, 1.165) is 35.3 Å². The van der Waals surface area contributed by atoms with Crippen molar-refractivity contribution < 1.29 is 26.4 Å². The number of rotatable bonds is 3. The highest BCUT2D eigenvalue weighted by Gasteiger charge is 2.35. The lowest BCUT2D eigenvalue weighted by Crippen LogP contribution is -2.51. The van der Waals surface area contributed by atoms with Gasteiger partial charge in [0.1, 0.15) is 0 Å². The fourth-order valence-electron chi connectivity index (χ4n) is 3.40. The number of nitrogens with zero attached hydrogens (tertiary/aromatic N) is 2. The number of hydrogen-bond donors (Lipinski definition) is 0. The van der Waals surface area contributed by atoms with Crippen molar-refractivity contribution in [1.29, 1.82) is 0 Å². The molecule has 3 rings (SSSR count). The summed E-state index contributed by atoms with van der Waals surface area (Å²) in [4.78, 5) is 13.8. The highest BCUT2D eigenvalue weighted by atomic mass is 35.5. The third-order valence-corrected chi connectivity index (χ3v) is 7.30. The topological polar surface area (TPSA) is 57.7 Å². The molecule has 5 nitrogen and oxygen atoms in total. The molecule has 1 saturated heterocycles. The SMILES string of the molecule is O=C(C1=C(Cl)CCCC1)N1CCN(S(=O)(=O)c2cccc(C(F)(F)F)c2)CC1. The van der Waals surface area contributed by atoms with Crippen molar-refractivity contribution in [2.45, 2.75) is 36.8 Å². The third kappa shape index (κ3) is 4.36. The van der Waals surface area contributed by atoms with Gasteiger partial charge in [-0.15, -0.1) is 0 Å². The van der Waals surface area contributed by atoms with Crippen LogP contribution in [0.15, 0.2) is 39.8 Å². The molecule has 0 N–H and O–H groups in total. The fraction of sp³-hybridized carbons (Fsp3) is 0.500. The molecule has 1 fully saturated rings. The predicted molar refractivity (Wildman–Crippen MR) is 98.1 cm³/mol. The van der Waals surface area contributed by atoms with Crippen molar-refractivity contribution in [2.24, 2.45) is 0 Å². The van der Waals surface area contributed by atoms with Crippen LogP contribution in [0, 0.1) is 0 Å². The summed E-state index contributed by atoms with van der Waals surface area (Å²) < 4.78 is 65.2. The largest absolute Gasteiger partial charge is 0.416 e. The first-order chi connectivity index (χ1) is 13.1. The Labute approximate surface area is 166 Å². The average Bonchev–Trinajstić information content (AvgIpc) is 2.67. The van der Waals surface area contributed by atoms with Gasteiger partial charge in [0.15, 0.2) is 0 Å². The second-order valence-corrected chi connectivity index (χ2v) is 9.21. The summed E-state index contributed by atoms with van der Waals surface area (Å²) in [5.74, 6) is -0.180. The number of carbonyl (C=O) groups excluding carboxylic acids is 1. The zero-order valence-corrected chi connectivity index (χ0v) is 16.6. The van der Waals surface area contributed by atoms with Crippen LogP contribution >= 0.6 is 11.6 Å². The molecule has 0 aromatic heterocycles. The van der Waals surface area contributed by atoms with Crippen molar-refractivity contribution >= 4 is 27.5 Å². The Morgan fingerprint density at radius 1 is 1.04 bits per heavy atom. The van der Waals surface area contributed by atoms with Crippen molar-refractivity contribution in [3.63, 3.8) is 0 Å². The first kappa shape index (κ1) is 21.1. The van der Waals surface area contributed by atoms with Gasteiger partial charge in [-0.05, 0) is 43.9 Å². The Kier molecular flexibility index (Phi) is 6.07. The molecule has 1 aromatic rings. The van der Waals surface area contributed by atoms with Gasteiger partial charge in [-0.25, -0.2) is 8.42 Å². The van der Waals surface area contributed by atoms with Crippen LogP contribution in [0.25, 0.3) is 0 Å². The Morgan fingerprint density at radius 2 is 1.68 bits per heavy atom. The summed E-state index contributed by atoms with van der Waals surface area (Å²) in [7, 11) is -4.07. The van der Waals surface area contributed by atoms with Crippen LogP contribution in [0.1, 0.15) is 31.2 Å². The molecule has 1 aliphatic carbocycles. The summed E-state index contributed by atoms with van der Waals surface area (Å²) in [5.41, 5.74) is -0.427. The minimum atomic E-state index is -4.62. The molecule has 154 valence electrons. The molecule has 0 radical (unpaired) electrons. The maximum absolute atomic E-state index is 12.9. The number of sulfonamides is 1. The zero-order chi connectivity index (χ0) is 20.5. The first-order valence-corrected chi connectivity index (χ1v) is 10.8. The molecular weight excluding hydrogens is 417 g/mol. The second kappa shape index (κ2) is 8.04. The van der Waals surface area contributed by atoms with Gasteiger partial charge in [0.25, 0.3) is 5.91 Å². The van der Waals surface area contributed by atoms with Crippen LogP contribution in [-0.2, 0) is 21.0 Å². The Balaban J connectivity index is 1.71. The number of allylic oxidation sites excluding steroid dienone is 1. The van der Waals surface area contributed by atoms with E-state index in [4.69, 9.17) is 11.6 Å². The molecule has 10 heteroatoms. The van der Waals surface area contributed by atoms with Gasteiger partial charge in [-0.2, -0.15) is 17.5 Å². The number of carbonyl (C=O) groups is 1. The fourth-order valence-corrected chi connectivity index (χ4v) is 5.17. The lowest BCUT2D eigenvalue weighted by Gasteiger charge is -2.35. The molecule has 0 saturated carbocycles. The van der Waals surface area contributed by atoms with Crippen LogP contribution in [0.2, 0.25) is 0 Å². The van der Waals surface area contributed by atoms with E-state index in [1.54, 1.807) is 4.90 Å². The number of amides is 1. The Morgan fingerprint density at radius 3 is 2.29 bits per heavy atom. The minimum absolute atomic E-state index is 0.0230. The molecule has 2 aliphatic rings. The number of halogens is 4. The van der Waals surface area contributed by atoms with Crippen molar-refractivity contribution in [3.8, 4) is 0 Å². The van der Waals surface area contributed by atoms with E-state index in [-0.39, 0.29) is 32.1 Å². The van der Waals surface area contributed by atoms with Gasteiger partial charge in [-0.1, -0.05) is 17.7 Å². The third-order valence-electron chi connectivity index (χ3n) is 4.98. The van der Waals surface area contributed by atoms with Gasteiger partial charge >= 0.3 is 6.18 Å². The van der Waals surface area contributed by atoms with Gasteiger partial charge in [0, 0.05) is 36.8 Å². The van der Waals surface area contributed by atoms with E-state index in [1.807, 2.05) is 0 Å². The van der Waals surface area contributed by atoms with Crippen molar-refractivity contribution in [1.82, 2.24) is 9.21 Å². The van der Waals surface area contributed by atoms with E-state index in [0.29, 0.717) is 29.5 Å². The maximum Gasteiger partial charge on any atom is 0.416 e. The van der Waals surface area contributed by atoms with Gasteiger partial charge < -0.3 is 4.90 Å². The first-order valence-electron chi connectivity index (χ1n) is 8.95. The summed E-state index contributed by atoms with van der Waals surface area (Å²) in [6.45, 7) is 0.389. The number of hydrogen-bond acceptors (Lipinski definition) is 3. The lowest BCUT2D eigenvalue weighted by atomic mass is 9.98.